The Morgan fingerprint density at radius 2 is 2.30 bits per heavy atom. The van der Waals surface area contributed by atoms with Gasteiger partial charge in [-0.2, -0.15) is 5.10 Å². The molecule has 0 aliphatic carbocycles. The van der Waals surface area contributed by atoms with Crippen LogP contribution in [0.2, 0.25) is 0 Å². The van der Waals surface area contributed by atoms with E-state index in [1.54, 1.807) is 14.2 Å². The third kappa shape index (κ3) is 4.23. The number of hydrogen-bond donors (Lipinski definition) is 0. The molecule has 0 aromatic heterocycles. The van der Waals surface area contributed by atoms with Crippen molar-refractivity contribution in [2.75, 3.05) is 27.4 Å². The minimum absolute atomic E-state index is 0.452. The largest absolute Gasteiger partial charge is 0.497 e. The molecule has 110 valence electrons. The van der Waals surface area contributed by atoms with Gasteiger partial charge in [0.1, 0.15) is 5.75 Å². The van der Waals surface area contributed by atoms with Gasteiger partial charge < -0.3 is 9.47 Å². The van der Waals surface area contributed by atoms with Crippen molar-refractivity contribution in [3.63, 3.8) is 0 Å². The Bertz CT molecular complexity index is 434. The number of nitrogens with zero attached hydrogens (tertiary/aromatic N) is 2. The second-order valence-electron chi connectivity index (χ2n) is 5.10. The highest BCUT2D eigenvalue weighted by Gasteiger charge is 2.22. The normalized spacial score (nSPS) is 18.9. The van der Waals surface area contributed by atoms with Gasteiger partial charge >= 0.3 is 0 Å². The second kappa shape index (κ2) is 7.90. The van der Waals surface area contributed by atoms with Gasteiger partial charge in [-0.3, -0.25) is 5.01 Å². The Labute approximate surface area is 121 Å². The molecule has 1 aromatic carbocycles. The molecule has 0 spiro atoms. The number of benzene rings is 1. The lowest BCUT2D eigenvalue weighted by Crippen LogP contribution is -2.28. The predicted molar refractivity (Wildman–Crippen MR) is 81.4 cm³/mol. The number of rotatable bonds is 7. The van der Waals surface area contributed by atoms with Gasteiger partial charge in [-0.25, -0.2) is 0 Å². The van der Waals surface area contributed by atoms with Crippen LogP contribution in [0.1, 0.15) is 24.8 Å². The topological polar surface area (TPSA) is 34.1 Å². The predicted octanol–water partition coefficient (Wildman–Crippen LogP) is 2.72. The molecule has 1 heterocycles. The number of ether oxygens (including phenoxy) is 2. The lowest BCUT2D eigenvalue weighted by molar-refractivity contribution is 0.118. The molecule has 1 saturated heterocycles. The maximum absolute atomic E-state index is 5.23. The summed E-state index contributed by atoms with van der Waals surface area (Å²) in [6.07, 6.45) is 6.35. The summed E-state index contributed by atoms with van der Waals surface area (Å²) in [6.45, 7) is 1.82. The lowest BCUT2D eigenvalue weighted by Gasteiger charge is -2.20. The standard InChI is InChI=1S/C16H24N2O2/c1-19-13-15-8-5-11-18(15)17-10-4-7-14-6-3-9-16(12-14)20-2/h3,6,9-10,12,15H,4-5,7-8,11,13H2,1-2H3. The first-order valence-corrected chi connectivity index (χ1v) is 7.24. The smallest absolute Gasteiger partial charge is 0.119 e. The Balaban J connectivity index is 1.78. The third-order valence-corrected chi connectivity index (χ3v) is 3.63. The fourth-order valence-corrected chi connectivity index (χ4v) is 2.56. The van der Waals surface area contributed by atoms with E-state index in [0.29, 0.717) is 6.04 Å². The van der Waals surface area contributed by atoms with Crippen LogP contribution in [0.25, 0.3) is 0 Å². The fraction of sp³-hybridized carbons (Fsp3) is 0.562. The summed E-state index contributed by atoms with van der Waals surface area (Å²) in [5.74, 6) is 0.916. The van der Waals surface area contributed by atoms with Crippen LogP contribution < -0.4 is 4.74 Å². The molecule has 1 aliphatic rings. The van der Waals surface area contributed by atoms with Crippen molar-refractivity contribution >= 4 is 6.21 Å². The Morgan fingerprint density at radius 3 is 3.10 bits per heavy atom. The van der Waals surface area contributed by atoms with Gasteiger partial charge in [0.2, 0.25) is 0 Å². The molecule has 1 unspecified atom stereocenters. The molecule has 0 saturated carbocycles. The summed E-state index contributed by atoms with van der Waals surface area (Å²) in [5.41, 5.74) is 1.28. The summed E-state index contributed by atoms with van der Waals surface area (Å²) in [5, 5.41) is 6.74. The van der Waals surface area contributed by atoms with E-state index < -0.39 is 0 Å². The summed E-state index contributed by atoms with van der Waals surface area (Å²) < 4.78 is 10.5. The molecule has 4 heteroatoms. The molecule has 1 aliphatic heterocycles. The average Bonchev–Trinajstić information content (AvgIpc) is 2.92. The van der Waals surface area contributed by atoms with Crippen molar-refractivity contribution in [1.82, 2.24) is 5.01 Å². The number of hydrazone groups is 1. The molecule has 1 fully saturated rings. The van der Waals surface area contributed by atoms with Crippen molar-refractivity contribution in [1.29, 1.82) is 0 Å². The van der Waals surface area contributed by atoms with Crippen molar-refractivity contribution in [3.8, 4) is 5.75 Å². The summed E-state index contributed by atoms with van der Waals surface area (Å²) >= 11 is 0. The highest BCUT2D eigenvalue weighted by molar-refractivity contribution is 5.57. The van der Waals surface area contributed by atoms with Crippen LogP contribution in [0, 0.1) is 0 Å². The molecule has 0 bridgehead atoms. The molecule has 20 heavy (non-hydrogen) atoms. The summed E-state index contributed by atoms with van der Waals surface area (Å²) in [6, 6.07) is 8.66. The Morgan fingerprint density at radius 1 is 1.40 bits per heavy atom. The molecular formula is C16H24N2O2. The first-order valence-electron chi connectivity index (χ1n) is 7.24. The van der Waals surface area contributed by atoms with Crippen molar-refractivity contribution < 1.29 is 9.47 Å². The lowest BCUT2D eigenvalue weighted by atomic mass is 10.1. The quantitative estimate of drug-likeness (QED) is 0.718. The van der Waals surface area contributed by atoms with Gasteiger partial charge in [0.15, 0.2) is 0 Å². The maximum atomic E-state index is 5.23. The van der Waals surface area contributed by atoms with Crippen LogP contribution in [0.15, 0.2) is 29.4 Å². The highest BCUT2D eigenvalue weighted by Crippen LogP contribution is 2.17. The van der Waals surface area contributed by atoms with E-state index in [9.17, 15) is 0 Å². The van der Waals surface area contributed by atoms with Crippen LogP contribution in [-0.2, 0) is 11.2 Å². The van der Waals surface area contributed by atoms with Gasteiger partial charge in [-0.05, 0) is 43.4 Å². The zero-order valence-corrected chi connectivity index (χ0v) is 12.4. The van der Waals surface area contributed by atoms with Crippen LogP contribution in [0.5, 0.6) is 5.75 Å². The van der Waals surface area contributed by atoms with Crippen LogP contribution >= 0.6 is 0 Å². The maximum Gasteiger partial charge on any atom is 0.119 e. The first-order chi connectivity index (χ1) is 9.83. The van der Waals surface area contributed by atoms with E-state index in [2.05, 4.69) is 22.2 Å². The van der Waals surface area contributed by atoms with Crippen LogP contribution in [-0.4, -0.2) is 44.6 Å². The Hall–Kier alpha value is -1.55. The highest BCUT2D eigenvalue weighted by atomic mass is 16.5. The van der Waals surface area contributed by atoms with Gasteiger partial charge in [0.25, 0.3) is 0 Å². The third-order valence-electron chi connectivity index (χ3n) is 3.63. The monoisotopic (exact) mass is 276 g/mol. The van der Waals surface area contributed by atoms with Crippen molar-refractivity contribution in [3.05, 3.63) is 29.8 Å². The molecule has 0 N–H and O–H groups in total. The molecule has 2 rings (SSSR count). The van der Waals surface area contributed by atoms with Crippen LogP contribution in [0.3, 0.4) is 0 Å². The molecule has 0 amide bonds. The van der Waals surface area contributed by atoms with E-state index in [-0.39, 0.29) is 0 Å². The van der Waals surface area contributed by atoms with Crippen molar-refractivity contribution in [2.24, 2.45) is 5.10 Å². The number of aryl methyl sites for hydroxylation is 1. The molecule has 1 atom stereocenters. The van der Waals surface area contributed by atoms with Gasteiger partial charge in [-0.1, -0.05) is 12.1 Å². The van der Waals surface area contributed by atoms with Gasteiger partial charge in [0.05, 0.1) is 19.8 Å². The van der Waals surface area contributed by atoms with E-state index in [1.165, 1.54) is 18.4 Å². The average molecular weight is 276 g/mol. The first kappa shape index (κ1) is 14.9. The summed E-state index contributed by atoms with van der Waals surface area (Å²) in [7, 11) is 3.45. The van der Waals surface area contributed by atoms with E-state index in [0.717, 1.165) is 31.7 Å². The van der Waals surface area contributed by atoms with Gasteiger partial charge in [-0.15, -0.1) is 0 Å². The zero-order valence-electron chi connectivity index (χ0n) is 12.4. The van der Waals surface area contributed by atoms with Crippen molar-refractivity contribution in [2.45, 2.75) is 31.7 Å². The SMILES string of the molecule is COCC1CCCN1N=CCCc1cccc(OC)c1. The van der Waals surface area contributed by atoms with E-state index in [1.807, 2.05) is 18.3 Å². The second-order valence-corrected chi connectivity index (χ2v) is 5.10. The number of methoxy groups -OCH3 is 2. The minimum Gasteiger partial charge on any atom is -0.497 e. The molecular weight excluding hydrogens is 252 g/mol. The van der Waals surface area contributed by atoms with Crippen LogP contribution in [0.4, 0.5) is 0 Å². The molecule has 0 radical (unpaired) electrons. The number of hydrogen-bond acceptors (Lipinski definition) is 4. The minimum atomic E-state index is 0.452. The molecule has 1 aromatic rings. The zero-order chi connectivity index (χ0) is 14.2. The van der Waals surface area contributed by atoms with E-state index in [4.69, 9.17) is 9.47 Å². The van der Waals surface area contributed by atoms with E-state index >= 15 is 0 Å². The summed E-state index contributed by atoms with van der Waals surface area (Å²) in [4.78, 5) is 0. The van der Waals surface area contributed by atoms with Gasteiger partial charge in [0, 0.05) is 19.9 Å². The molecule has 4 nitrogen and oxygen atoms in total. The fourth-order valence-electron chi connectivity index (χ4n) is 2.56. The Kier molecular flexibility index (Phi) is 5.87.